The van der Waals surface area contributed by atoms with Crippen molar-refractivity contribution in [2.24, 2.45) is 4.99 Å². The highest BCUT2D eigenvalue weighted by atomic mass is 32.1. The van der Waals surface area contributed by atoms with Crippen LogP contribution < -0.4 is 19.6 Å². The number of ether oxygens (including phenoxy) is 2. The molecule has 0 unspecified atom stereocenters. The first-order valence-electron chi connectivity index (χ1n) is 13.5. The average Bonchev–Trinajstić information content (AvgIpc) is 3.26. The van der Waals surface area contributed by atoms with Gasteiger partial charge in [-0.05, 0) is 72.4 Å². The second-order valence-corrected chi connectivity index (χ2v) is 11.1. The zero-order valence-electron chi connectivity index (χ0n) is 23.7. The lowest BCUT2D eigenvalue weighted by molar-refractivity contribution is -0.138. The molecule has 210 valence electrons. The number of fused-ring (bicyclic) bond motifs is 1. The molecule has 0 radical (unpaired) electrons. The SMILES string of the molecule is CCOC(=O)C1=C(c2ccccc2)N=c2s/c(=C\c3cccc(O)c3)c(=O)n2[C@@H]1c1cc(C(C)C)c(OC)cc1C. The number of phenolic OH excluding ortho intramolecular Hbond substituents is 1. The fraction of sp³-hybridized carbons (Fsp3) is 0.242. The number of carbonyl (C=O) groups is 1. The highest BCUT2D eigenvalue weighted by Crippen LogP contribution is 2.39. The standard InChI is InChI=1S/C33H32N2O5S/c1-6-40-32(38)28-29(22-12-8-7-9-13-22)34-33-35(31(37)27(41-33)17-21-11-10-14-23(36)16-21)30(28)25-18-24(19(2)3)26(39-5)15-20(25)4/h7-19,30,36H,6H2,1-5H3/b27-17-/t30-/m1/s1. The summed E-state index contributed by atoms with van der Waals surface area (Å²) in [7, 11) is 1.64. The van der Waals surface area contributed by atoms with Gasteiger partial charge >= 0.3 is 5.97 Å². The van der Waals surface area contributed by atoms with Crippen LogP contribution in [0.1, 0.15) is 60.5 Å². The molecule has 0 spiro atoms. The lowest BCUT2D eigenvalue weighted by Gasteiger charge is -2.28. The topological polar surface area (TPSA) is 90.1 Å². The third-order valence-corrected chi connectivity index (χ3v) is 8.06. The normalized spacial score (nSPS) is 15.1. The smallest absolute Gasteiger partial charge is 0.338 e. The van der Waals surface area contributed by atoms with Gasteiger partial charge in [0.05, 0.1) is 35.6 Å². The molecule has 1 aliphatic rings. The Morgan fingerprint density at radius 3 is 2.54 bits per heavy atom. The van der Waals surface area contributed by atoms with Crippen LogP contribution in [0.3, 0.4) is 0 Å². The molecule has 0 bridgehead atoms. The van der Waals surface area contributed by atoms with Crippen LogP contribution in [-0.2, 0) is 9.53 Å². The summed E-state index contributed by atoms with van der Waals surface area (Å²) in [6, 6.07) is 19.4. The van der Waals surface area contributed by atoms with Crippen molar-refractivity contribution < 1.29 is 19.4 Å². The van der Waals surface area contributed by atoms with Crippen molar-refractivity contribution in [1.29, 1.82) is 0 Å². The molecule has 0 amide bonds. The molecule has 8 heteroatoms. The van der Waals surface area contributed by atoms with E-state index in [9.17, 15) is 14.7 Å². The molecule has 1 aliphatic heterocycles. The molecule has 41 heavy (non-hydrogen) atoms. The summed E-state index contributed by atoms with van der Waals surface area (Å²) in [4.78, 5) is 33.3. The Morgan fingerprint density at radius 2 is 1.88 bits per heavy atom. The van der Waals surface area contributed by atoms with Gasteiger partial charge in [-0.15, -0.1) is 0 Å². The quantitative estimate of drug-likeness (QED) is 0.314. The predicted octanol–water partition coefficient (Wildman–Crippen LogP) is 5.08. The summed E-state index contributed by atoms with van der Waals surface area (Å²) in [5.74, 6) is 0.469. The van der Waals surface area contributed by atoms with E-state index in [0.29, 0.717) is 26.2 Å². The minimum atomic E-state index is -0.782. The first kappa shape index (κ1) is 28.1. The Bertz CT molecular complexity index is 1830. The number of phenols is 1. The van der Waals surface area contributed by atoms with Crippen molar-refractivity contribution >= 4 is 29.1 Å². The number of methoxy groups -OCH3 is 1. The van der Waals surface area contributed by atoms with E-state index in [1.54, 1.807) is 42.9 Å². The minimum absolute atomic E-state index is 0.107. The molecule has 7 nitrogen and oxygen atoms in total. The van der Waals surface area contributed by atoms with Crippen LogP contribution >= 0.6 is 11.3 Å². The molecule has 0 saturated carbocycles. The second kappa shape index (κ2) is 11.6. The maximum absolute atomic E-state index is 14.1. The van der Waals surface area contributed by atoms with Gasteiger partial charge in [0.1, 0.15) is 11.5 Å². The largest absolute Gasteiger partial charge is 0.508 e. The number of aryl methyl sites for hydroxylation is 1. The van der Waals surface area contributed by atoms with Gasteiger partial charge in [-0.1, -0.05) is 67.6 Å². The van der Waals surface area contributed by atoms with E-state index in [0.717, 1.165) is 28.0 Å². The number of hydrogen-bond acceptors (Lipinski definition) is 7. The maximum Gasteiger partial charge on any atom is 0.338 e. The van der Waals surface area contributed by atoms with Crippen molar-refractivity contribution in [1.82, 2.24) is 4.57 Å². The van der Waals surface area contributed by atoms with Gasteiger partial charge in [-0.2, -0.15) is 0 Å². The number of carbonyl (C=O) groups excluding carboxylic acids is 1. The molecule has 1 atom stereocenters. The number of hydrogen-bond donors (Lipinski definition) is 1. The van der Waals surface area contributed by atoms with Gasteiger partial charge < -0.3 is 14.6 Å². The molecule has 3 aromatic carbocycles. The fourth-order valence-electron chi connectivity index (χ4n) is 5.14. The zero-order chi connectivity index (χ0) is 29.3. The summed E-state index contributed by atoms with van der Waals surface area (Å²) in [6.07, 6.45) is 1.73. The van der Waals surface area contributed by atoms with Gasteiger partial charge in [0.25, 0.3) is 5.56 Å². The molecular formula is C33H32N2O5S. The molecule has 1 N–H and O–H groups in total. The lowest BCUT2D eigenvalue weighted by Crippen LogP contribution is -2.40. The maximum atomic E-state index is 14.1. The average molecular weight is 569 g/mol. The molecule has 0 saturated heterocycles. The van der Waals surface area contributed by atoms with Crippen molar-refractivity contribution in [2.75, 3.05) is 13.7 Å². The Labute approximate surface area is 242 Å². The van der Waals surface area contributed by atoms with Crippen LogP contribution in [0.2, 0.25) is 0 Å². The van der Waals surface area contributed by atoms with E-state index in [1.165, 1.54) is 11.3 Å². The highest BCUT2D eigenvalue weighted by molar-refractivity contribution is 7.07. The third-order valence-electron chi connectivity index (χ3n) is 7.08. The molecule has 4 aromatic rings. The molecule has 1 aromatic heterocycles. The van der Waals surface area contributed by atoms with Crippen LogP contribution in [0.25, 0.3) is 11.8 Å². The Hall–Kier alpha value is -4.43. The minimum Gasteiger partial charge on any atom is -0.508 e. The van der Waals surface area contributed by atoms with Gasteiger partial charge in [0, 0.05) is 5.56 Å². The fourth-order valence-corrected chi connectivity index (χ4v) is 6.14. The Kier molecular flexibility index (Phi) is 7.94. The van der Waals surface area contributed by atoms with E-state index in [4.69, 9.17) is 14.5 Å². The number of aromatic nitrogens is 1. The number of aromatic hydroxyl groups is 1. The van der Waals surface area contributed by atoms with Crippen LogP contribution in [0.5, 0.6) is 11.5 Å². The van der Waals surface area contributed by atoms with E-state index >= 15 is 0 Å². The van der Waals surface area contributed by atoms with Gasteiger partial charge in [-0.25, -0.2) is 9.79 Å². The van der Waals surface area contributed by atoms with E-state index in [2.05, 4.69) is 13.8 Å². The summed E-state index contributed by atoms with van der Waals surface area (Å²) in [6.45, 7) is 8.05. The number of esters is 1. The molecule has 2 heterocycles. The van der Waals surface area contributed by atoms with Crippen LogP contribution in [0.15, 0.2) is 82.1 Å². The second-order valence-electron chi connectivity index (χ2n) is 10.1. The van der Waals surface area contributed by atoms with Gasteiger partial charge in [-0.3, -0.25) is 9.36 Å². The number of nitrogens with zero attached hydrogens (tertiary/aromatic N) is 2. The number of thiazole rings is 1. The van der Waals surface area contributed by atoms with Crippen molar-refractivity contribution in [3.05, 3.63) is 120 Å². The third kappa shape index (κ3) is 5.35. The van der Waals surface area contributed by atoms with Crippen molar-refractivity contribution in [3.8, 4) is 11.5 Å². The Morgan fingerprint density at radius 1 is 1.12 bits per heavy atom. The van der Waals surface area contributed by atoms with Crippen LogP contribution in [-0.4, -0.2) is 29.4 Å². The zero-order valence-corrected chi connectivity index (χ0v) is 24.5. The van der Waals surface area contributed by atoms with E-state index < -0.39 is 12.0 Å². The monoisotopic (exact) mass is 568 g/mol. The molecule has 0 aliphatic carbocycles. The van der Waals surface area contributed by atoms with Crippen molar-refractivity contribution in [2.45, 2.75) is 39.7 Å². The van der Waals surface area contributed by atoms with Crippen LogP contribution in [0, 0.1) is 6.92 Å². The number of benzene rings is 3. The number of rotatable bonds is 7. The lowest BCUT2D eigenvalue weighted by atomic mass is 9.87. The van der Waals surface area contributed by atoms with Gasteiger partial charge in [0.15, 0.2) is 4.80 Å². The van der Waals surface area contributed by atoms with Crippen LogP contribution in [0.4, 0.5) is 0 Å². The highest BCUT2D eigenvalue weighted by Gasteiger charge is 2.36. The van der Waals surface area contributed by atoms with Gasteiger partial charge in [0.2, 0.25) is 0 Å². The summed E-state index contributed by atoms with van der Waals surface area (Å²) < 4.78 is 13.3. The summed E-state index contributed by atoms with van der Waals surface area (Å²) in [5, 5.41) is 9.98. The predicted molar refractivity (Wildman–Crippen MR) is 161 cm³/mol. The summed E-state index contributed by atoms with van der Waals surface area (Å²) in [5.41, 5.74) is 4.57. The first-order chi connectivity index (χ1) is 19.7. The molecule has 5 rings (SSSR count). The van der Waals surface area contributed by atoms with E-state index in [-0.39, 0.29) is 23.8 Å². The summed E-state index contributed by atoms with van der Waals surface area (Å²) >= 11 is 1.25. The first-order valence-corrected chi connectivity index (χ1v) is 14.3. The Balaban J connectivity index is 1.89. The molecular weight excluding hydrogens is 536 g/mol. The molecule has 0 fully saturated rings. The van der Waals surface area contributed by atoms with E-state index in [1.807, 2.05) is 55.5 Å². The van der Waals surface area contributed by atoms with Crippen molar-refractivity contribution in [3.63, 3.8) is 0 Å².